The second kappa shape index (κ2) is 40.7. The average molecular weight is 778 g/mol. The van der Waals surface area contributed by atoms with Gasteiger partial charge in [-0.3, -0.25) is 0 Å². The van der Waals surface area contributed by atoms with Crippen molar-refractivity contribution in [3.8, 4) is 0 Å². The van der Waals surface area contributed by atoms with E-state index in [1.807, 2.05) is 0 Å². The molecule has 1 rings (SSSR count). The summed E-state index contributed by atoms with van der Waals surface area (Å²) < 4.78 is 5.04. The van der Waals surface area contributed by atoms with E-state index in [0.29, 0.717) is 6.04 Å². The summed E-state index contributed by atoms with van der Waals surface area (Å²) in [6, 6.07) is 0.691. The van der Waals surface area contributed by atoms with Crippen LogP contribution in [0.1, 0.15) is 285 Å². The van der Waals surface area contributed by atoms with Crippen LogP contribution in [0.4, 0.5) is 0 Å². The lowest BCUT2D eigenvalue weighted by Crippen LogP contribution is -3.00. The minimum absolute atomic E-state index is 0. The van der Waals surface area contributed by atoms with E-state index in [9.17, 15) is 0 Å². The van der Waals surface area contributed by atoms with Gasteiger partial charge < -0.3 is 12.4 Å². The SMILES string of the molecule is CCCCCCCCCCCCCCC(CCCCC(CCCCCCCC)[n+]1ccn(CCCC)c1)CC(C)CCCC(C)CCCCCCCC.[Cl-]. The average Bonchev–Trinajstić information content (AvgIpc) is 3.63. The number of rotatable bonds is 42. The van der Waals surface area contributed by atoms with E-state index in [-0.39, 0.29) is 12.4 Å². The normalized spacial score (nSPS) is 13.9. The Morgan fingerprint density at radius 3 is 1.28 bits per heavy atom. The zero-order valence-corrected chi connectivity index (χ0v) is 38.9. The molecule has 0 aromatic carbocycles. The fourth-order valence-electron chi connectivity index (χ4n) is 9.09. The van der Waals surface area contributed by atoms with Crippen molar-refractivity contribution in [1.82, 2.24) is 4.57 Å². The van der Waals surface area contributed by atoms with Crippen molar-refractivity contribution in [2.24, 2.45) is 17.8 Å². The van der Waals surface area contributed by atoms with Gasteiger partial charge in [-0.2, -0.15) is 0 Å². The molecule has 1 aromatic heterocycles. The van der Waals surface area contributed by atoms with E-state index in [0.717, 1.165) is 17.8 Å². The minimum atomic E-state index is 0. The predicted octanol–water partition coefficient (Wildman–Crippen LogP) is 14.7. The number of hydrogen-bond acceptors (Lipinski definition) is 0. The Hall–Kier alpha value is -0.500. The molecule has 0 saturated heterocycles. The van der Waals surface area contributed by atoms with Crippen molar-refractivity contribution >= 4 is 0 Å². The third-order valence-corrected chi connectivity index (χ3v) is 12.8. The van der Waals surface area contributed by atoms with E-state index in [1.54, 1.807) is 0 Å². The molecule has 0 aliphatic heterocycles. The van der Waals surface area contributed by atoms with Crippen molar-refractivity contribution in [3.63, 3.8) is 0 Å². The van der Waals surface area contributed by atoms with E-state index in [1.165, 1.54) is 244 Å². The van der Waals surface area contributed by atoms with E-state index in [2.05, 4.69) is 69.4 Å². The maximum absolute atomic E-state index is 2.60. The second-order valence-electron chi connectivity index (χ2n) is 18.4. The molecule has 3 heteroatoms. The molecule has 2 nitrogen and oxygen atoms in total. The van der Waals surface area contributed by atoms with Crippen molar-refractivity contribution in [2.75, 3.05) is 0 Å². The highest BCUT2D eigenvalue weighted by atomic mass is 35.5. The zero-order valence-electron chi connectivity index (χ0n) is 38.2. The van der Waals surface area contributed by atoms with Gasteiger partial charge in [-0.1, -0.05) is 241 Å². The van der Waals surface area contributed by atoms with Gasteiger partial charge in [0.1, 0.15) is 18.4 Å². The summed E-state index contributed by atoms with van der Waals surface area (Å²) >= 11 is 0. The molecule has 0 aliphatic rings. The van der Waals surface area contributed by atoms with Crippen LogP contribution in [0, 0.1) is 17.8 Å². The number of hydrogen-bond donors (Lipinski definition) is 0. The summed E-state index contributed by atoms with van der Waals surface area (Å²) in [5.74, 6) is 2.78. The number of aromatic nitrogens is 2. The van der Waals surface area contributed by atoms with Crippen molar-refractivity contribution in [2.45, 2.75) is 292 Å². The molecule has 0 spiro atoms. The first kappa shape index (κ1) is 53.5. The maximum atomic E-state index is 2.60. The largest absolute Gasteiger partial charge is 1.00 e. The number of halogens is 1. The summed E-state index contributed by atoms with van der Waals surface area (Å²) in [6.07, 6.45) is 60.2. The first-order valence-corrected chi connectivity index (χ1v) is 25.1. The molecular weight excluding hydrogens is 676 g/mol. The summed E-state index contributed by atoms with van der Waals surface area (Å²) in [5.41, 5.74) is 0. The van der Waals surface area contributed by atoms with Gasteiger partial charge in [0.2, 0.25) is 6.33 Å². The lowest BCUT2D eigenvalue weighted by atomic mass is 9.84. The van der Waals surface area contributed by atoms with Crippen molar-refractivity contribution in [1.29, 1.82) is 0 Å². The van der Waals surface area contributed by atoms with Crippen LogP contribution < -0.4 is 17.0 Å². The van der Waals surface area contributed by atoms with Gasteiger partial charge in [-0.15, -0.1) is 0 Å². The van der Waals surface area contributed by atoms with Gasteiger partial charge in [0.15, 0.2) is 0 Å². The molecule has 4 unspecified atom stereocenters. The fourth-order valence-corrected chi connectivity index (χ4v) is 9.09. The number of nitrogens with zero attached hydrogens (tertiary/aromatic N) is 2. The van der Waals surface area contributed by atoms with Gasteiger partial charge in [0.25, 0.3) is 0 Å². The molecule has 0 N–H and O–H groups in total. The lowest BCUT2D eigenvalue weighted by molar-refractivity contribution is -0.724. The van der Waals surface area contributed by atoms with Crippen LogP contribution in [0.15, 0.2) is 18.7 Å². The first-order chi connectivity index (χ1) is 26.0. The zero-order chi connectivity index (χ0) is 38.5. The molecule has 0 amide bonds. The molecule has 4 atom stereocenters. The first-order valence-electron chi connectivity index (χ1n) is 25.1. The number of aryl methyl sites for hydroxylation is 1. The van der Waals surface area contributed by atoms with Gasteiger partial charge in [-0.25, -0.2) is 9.13 Å². The predicted molar refractivity (Wildman–Crippen MR) is 239 cm³/mol. The number of unbranched alkanes of at least 4 members (excludes halogenated alkanes) is 23. The Morgan fingerprint density at radius 1 is 0.407 bits per heavy atom. The second-order valence-corrected chi connectivity index (χ2v) is 18.4. The highest BCUT2D eigenvalue weighted by Gasteiger charge is 2.19. The molecular formula is C51H101ClN2. The Labute approximate surface area is 348 Å². The standard InChI is InChI=1S/C51H101N2.ClH/c1-7-11-15-18-21-22-23-24-25-26-28-31-39-50(46-49(6)38-35-37-48(5)36-30-27-19-16-12-8-2)40-33-34-42-51(41-32-29-20-17-13-9-3)53-45-44-52(47-53)43-14-10-4;/h44-45,47-51H,7-43,46H2,1-6H3;1H/q+1;/p-1. The Bertz CT molecular complexity index is 850. The van der Waals surface area contributed by atoms with Crippen LogP contribution in [0.3, 0.4) is 0 Å². The van der Waals surface area contributed by atoms with Gasteiger partial charge in [0.05, 0.1) is 6.54 Å². The van der Waals surface area contributed by atoms with Crippen LogP contribution in [-0.4, -0.2) is 4.57 Å². The monoisotopic (exact) mass is 777 g/mol. The molecule has 0 radical (unpaired) electrons. The highest BCUT2D eigenvalue weighted by Crippen LogP contribution is 2.29. The van der Waals surface area contributed by atoms with Gasteiger partial charge in [-0.05, 0) is 56.3 Å². The number of imidazole rings is 1. The fraction of sp³-hybridized carbons (Fsp3) is 0.941. The van der Waals surface area contributed by atoms with Crippen LogP contribution in [-0.2, 0) is 6.54 Å². The smallest absolute Gasteiger partial charge is 0.243 e. The van der Waals surface area contributed by atoms with Gasteiger partial charge >= 0.3 is 0 Å². The summed E-state index contributed by atoms with van der Waals surface area (Å²) in [4.78, 5) is 0. The van der Waals surface area contributed by atoms with Crippen molar-refractivity contribution in [3.05, 3.63) is 18.7 Å². The molecule has 1 heterocycles. The maximum Gasteiger partial charge on any atom is 0.243 e. The highest BCUT2D eigenvalue weighted by molar-refractivity contribution is 4.70. The van der Waals surface area contributed by atoms with Crippen LogP contribution in [0.2, 0.25) is 0 Å². The molecule has 322 valence electrons. The summed E-state index contributed by atoms with van der Waals surface area (Å²) in [6.45, 7) is 15.6. The Kier molecular flexibility index (Phi) is 40.3. The molecule has 54 heavy (non-hydrogen) atoms. The third-order valence-electron chi connectivity index (χ3n) is 12.8. The van der Waals surface area contributed by atoms with Gasteiger partial charge in [0, 0.05) is 0 Å². The van der Waals surface area contributed by atoms with E-state index < -0.39 is 0 Å². The summed E-state index contributed by atoms with van der Waals surface area (Å²) in [5, 5.41) is 0. The topological polar surface area (TPSA) is 8.81 Å². The van der Waals surface area contributed by atoms with Crippen LogP contribution >= 0.6 is 0 Å². The van der Waals surface area contributed by atoms with Crippen LogP contribution in [0.5, 0.6) is 0 Å². The minimum Gasteiger partial charge on any atom is -1.00 e. The summed E-state index contributed by atoms with van der Waals surface area (Å²) in [7, 11) is 0. The molecule has 0 fully saturated rings. The molecule has 1 aromatic rings. The van der Waals surface area contributed by atoms with Crippen molar-refractivity contribution < 1.29 is 17.0 Å². The molecule has 0 saturated carbocycles. The molecule has 0 aliphatic carbocycles. The quantitative estimate of drug-likeness (QED) is 0.0462. The van der Waals surface area contributed by atoms with E-state index >= 15 is 0 Å². The molecule has 0 bridgehead atoms. The van der Waals surface area contributed by atoms with E-state index in [4.69, 9.17) is 0 Å². The van der Waals surface area contributed by atoms with Crippen LogP contribution in [0.25, 0.3) is 0 Å². The third kappa shape index (κ3) is 32.6. The Balaban J connectivity index is 0.0000281. The Morgan fingerprint density at radius 2 is 0.778 bits per heavy atom. The lowest BCUT2D eigenvalue weighted by Gasteiger charge is -2.22.